The number of rotatable bonds is 2. The van der Waals surface area contributed by atoms with Crippen molar-refractivity contribution in [2.24, 2.45) is 0 Å². The molecule has 2 amide bonds. The molecule has 1 saturated heterocycles. The summed E-state index contributed by atoms with van der Waals surface area (Å²) >= 11 is 0. The van der Waals surface area contributed by atoms with E-state index >= 15 is 0 Å². The van der Waals surface area contributed by atoms with Crippen LogP contribution in [0, 0.1) is 0 Å². The second-order valence-electron chi connectivity index (χ2n) is 6.82. The van der Waals surface area contributed by atoms with Crippen LogP contribution < -0.4 is 10.6 Å². The molecule has 0 atom stereocenters. The van der Waals surface area contributed by atoms with Crippen molar-refractivity contribution in [2.75, 3.05) is 21.2 Å². The van der Waals surface area contributed by atoms with Gasteiger partial charge in [0.05, 0.1) is 7.11 Å². The van der Waals surface area contributed by atoms with Gasteiger partial charge in [-0.2, -0.15) is 0 Å². The molecule has 0 aromatic carbocycles. The number of nitrogens with zero attached hydrogens (tertiary/aromatic N) is 1. The monoisotopic (exact) mass is 285 g/mol. The van der Waals surface area contributed by atoms with E-state index in [4.69, 9.17) is 4.74 Å². The first-order valence-electron chi connectivity index (χ1n) is 6.83. The molecule has 1 aliphatic rings. The van der Waals surface area contributed by atoms with Crippen molar-refractivity contribution in [2.45, 2.75) is 57.2 Å². The Hall–Kier alpha value is -1.30. The normalized spacial score (nSPS) is 23.8. The zero-order chi connectivity index (χ0) is 15.8. The average molecular weight is 285 g/mol. The van der Waals surface area contributed by atoms with E-state index < -0.39 is 11.5 Å². The number of ether oxygens (including phenoxy) is 1. The van der Waals surface area contributed by atoms with Crippen LogP contribution in [0.2, 0.25) is 0 Å². The van der Waals surface area contributed by atoms with Crippen LogP contribution in [0.5, 0.6) is 0 Å². The Morgan fingerprint density at radius 1 is 1.10 bits per heavy atom. The highest BCUT2D eigenvalue weighted by Crippen LogP contribution is 2.42. The number of likely N-dealkylation sites (tertiary alicyclic amines) is 1. The van der Waals surface area contributed by atoms with Gasteiger partial charge in [-0.1, -0.05) is 0 Å². The van der Waals surface area contributed by atoms with E-state index in [1.165, 1.54) is 14.2 Å². The fraction of sp³-hybridized carbons (Fsp3) is 0.857. The number of carbonyl (C=O) groups is 2. The van der Waals surface area contributed by atoms with Gasteiger partial charge in [0.25, 0.3) is 0 Å². The number of esters is 1. The number of amides is 2. The highest BCUT2D eigenvalue weighted by atomic mass is 16.5. The zero-order valence-electron chi connectivity index (χ0n) is 13.6. The summed E-state index contributed by atoms with van der Waals surface area (Å²) in [5.41, 5.74) is -1.48. The Morgan fingerprint density at radius 3 is 1.90 bits per heavy atom. The van der Waals surface area contributed by atoms with Crippen LogP contribution in [-0.4, -0.2) is 54.7 Å². The highest BCUT2D eigenvalue weighted by molar-refractivity contribution is 5.87. The van der Waals surface area contributed by atoms with Crippen LogP contribution in [-0.2, 0) is 9.53 Å². The van der Waals surface area contributed by atoms with Crippen molar-refractivity contribution in [1.29, 1.82) is 0 Å². The number of hydrogen-bond acceptors (Lipinski definition) is 4. The van der Waals surface area contributed by atoms with Gasteiger partial charge in [-0.3, -0.25) is 4.90 Å². The van der Waals surface area contributed by atoms with Crippen LogP contribution in [0.1, 0.15) is 40.5 Å². The number of methoxy groups -OCH3 is 1. The Balaban J connectivity index is 3.24. The number of piperidine rings is 1. The summed E-state index contributed by atoms with van der Waals surface area (Å²) in [6, 6.07) is -0.369. The molecule has 0 aliphatic carbocycles. The Labute approximate surface area is 121 Å². The van der Waals surface area contributed by atoms with Crippen molar-refractivity contribution in [1.82, 2.24) is 15.5 Å². The molecule has 20 heavy (non-hydrogen) atoms. The maximum atomic E-state index is 12.3. The lowest BCUT2D eigenvalue weighted by atomic mass is 9.69. The fourth-order valence-corrected chi connectivity index (χ4v) is 3.35. The largest absolute Gasteiger partial charge is 0.467 e. The standard InChI is InChI=1S/C14H27N3O3/c1-12(2)8-14(10(18)20-7,16-11(19)15-5)9-13(3,4)17(12)6/h8-9H2,1-7H3,(H2,15,16,19). The molecular formula is C14H27N3O3. The van der Waals surface area contributed by atoms with Gasteiger partial charge in [-0.05, 0) is 47.6 Å². The van der Waals surface area contributed by atoms with Gasteiger partial charge in [-0.15, -0.1) is 0 Å². The first kappa shape index (κ1) is 16.8. The minimum Gasteiger partial charge on any atom is -0.467 e. The summed E-state index contributed by atoms with van der Waals surface area (Å²) in [5, 5.41) is 5.32. The summed E-state index contributed by atoms with van der Waals surface area (Å²) in [7, 11) is 4.93. The molecule has 0 saturated carbocycles. The molecule has 0 bridgehead atoms. The van der Waals surface area contributed by atoms with Crippen molar-refractivity contribution in [3.05, 3.63) is 0 Å². The highest BCUT2D eigenvalue weighted by Gasteiger charge is 2.55. The number of hydrogen-bond donors (Lipinski definition) is 2. The second kappa shape index (κ2) is 5.24. The molecule has 0 spiro atoms. The summed E-state index contributed by atoms with van der Waals surface area (Å²) in [5.74, 6) is -0.393. The van der Waals surface area contributed by atoms with Crippen LogP contribution in [0.3, 0.4) is 0 Å². The molecule has 6 heteroatoms. The maximum absolute atomic E-state index is 12.3. The summed E-state index contributed by atoms with van der Waals surface area (Å²) in [6.45, 7) is 8.27. The van der Waals surface area contributed by atoms with E-state index in [-0.39, 0.29) is 17.1 Å². The molecule has 2 N–H and O–H groups in total. The molecule has 1 rings (SSSR count). The lowest BCUT2D eigenvalue weighted by molar-refractivity contribution is -0.157. The maximum Gasteiger partial charge on any atom is 0.331 e. The number of carbonyl (C=O) groups excluding carboxylic acids is 2. The second-order valence-corrected chi connectivity index (χ2v) is 6.82. The van der Waals surface area contributed by atoms with Crippen LogP contribution in [0.25, 0.3) is 0 Å². The van der Waals surface area contributed by atoms with Crippen molar-refractivity contribution >= 4 is 12.0 Å². The van der Waals surface area contributed by atoms with E-state index in [1.807, 2.05) is 7.05 Å². The predicted octanol–water partition coefficient (Wildman–Crippen LogP) is 1.11. The van der Waals surface area contributed by atoms with Crippen molar-refractivity contribution < 1.29 is 14.3 Å². The van der Waals surface area contributed by atoms with E-state index in [9.17, 15) is 9.59 Å². The molecule has 116 valence electrons. The first-order valence-corrected chi connectivity index (χ1v) is 6.83. The van der Waals surface area contributed by atoms with Crippen LogP contribution in [0.4, 0.5) is 4.79 Å². The summed E-state index contributed by atoms with van der Waals surface area (Å²) in [4.78, 5) is 26.3. The third-order valence-electron chi connectivity index (χ3n) is 4.44. The quantitative estimate of drug-likeness (QED) is 0.746. The van der Waals surface area contributed by atoms with Crippen LogP contribution >= 0.6 is 0 Å². The molecule has 6 nitrogen and oxygen atoms in total. The Morgan fingerprint density at radius 2 is 1.55 bits per heavy atom. The van der Waals surface area contributed by atoms with Gasteiger partial charge in [-0.25, -0.2) is 9.59 Å². The molecule has 1 heterocycles. The van der Waals surface area contributed by atoms with Gasteiger partial charge in [0.1, 0.15) is 5.54 Å². The SMILES string of the molecule is CNC(=O)NC1(C(=O)OC)CC(C)(C)N(C)C(C)(C)C1. The predicted molar refractivity (Wildman–Crippen MR) is 77.5 cm³/mol. The lowest BCUT2D eigenvalue weighted by Gasteiger charge is -2.57. The summed E-state index contributed by atoms with van der Waals surface area (Å²) in [6.07, 6.45) is 1.00. The van der Waals surface area contributed by atoms with Crippen molar-refractivity contribution in [3.8, 4) is 0 Å². The van der Waals surface area contributed by atoms with Gasteiger partial charge in [0, 0.05) is 18.1 Å². The third kappa shape index (κ3) is 2.90. The fourth-order valence-electron chi connectivity index (χ4n) is 3.35. The van der Waals surface area contributed by atoms with Crippen LogP contribution in [0.15, 0.2) is 0 Å². The number of nitrogens with one attached hydrogen (secondary N) is 2. The lowest BCUT2D eigenvalue weighted by Crippen LogP contribution is -2.71. The molecule has 1 fully saturated rings. The minimum atomic E-state index is -1.01. The van der Waals surface area contributed by atoms with Crippen molar-refractivity contribution in [3.63, 3.8) is 0 Å². The molecule has 1 aliphatic heterocycles. The first-order chi connectivity index (χ1) is 9.00. The van der Waals surface area contributed by atoms with E-state index in [0.717, 1.165) is 0 Å². The topological polar surface area (TPSA) is 70.7 Å². The zero-order valence-corrected chi connectivity index (χ0v) is 13.6. The third-order valence-corrected chi connectivity index (χ3v) is 4.44. The Kier molecular flexibility index (Phi) is 4.39. The number of urea groups is 1. The Bertz CT molecular complexity index is 386. The molecule has 0 aromatic rings. The van der Waals surface area contributed by atoms with Gasteiger partial charge >= 0.3 is 12.0 Å². The smallest absolute Gasteiger partial charge is 0.331 e. The minimum absolute atomic E-state index is 0.239. The van der Waals surface area contributed by atoms with E-state index in [1.54, 1.807) is 0 Å². The average Bonchev–Trinajstić information content (AvgIpc) is 2.33. The van der Waals surface area contributed by atoms with E-state index in [0.29, 0.717) is 12.8 Å². The van der Waals surface area contributed by atoms with E-state index in [2.05, 4.69) is 43.2 Å². The molecule has 0 unspecified atom stereocenters. The molecular weight excluding hydrogens is 258 g/mol. The van der Waals surface area contributed by atoms with Gasteiger partial charge in [0.2, 0.25) is 0 Å². The van der Waals surface area contributed by atoms with Gasteiger partial charge < -0.3 is 15.4 Å². The molecule has 0 radical (unpaired) electrons. The molecule has 0 aromatic heterocycles. The van der Waals surface area contributed by atoms with Gasteiger partial charge in [0.15, 0.2) is 0 Å². The summed E-state index contributed by atoms with van der Waals surface area (Å²) < 4.78 is 4.96.